The number of nitrogens with zero attached hydrogens (tertiary/aromatic N) is 2. The molecule has 0 radical (unpaired) electrons. The molecule has 3 heterocycles. The third-order valence-corrected chi connectivity index (χ3v) is 4.07. The normalized spacial score (nSPS) is 21.3. The fraction of sp³-hybridized carbons (Fsp3) is 0.462. The van der Waals surface area contributed by atoms with Gasteiger partial charge in [0.25, 0.3) is 0 Å². The van der Waals surface area contributed by atoms with E-state index in [-0.39, 0.29) is 0 Å². The van der Waals surface area contributed by atoms with Crippen molar-refractivity contribution in [2.24, 2.45) is 5.73 Å². The smallest absolute Gasteiger partial charge is 0.236 e. The monoisotopic (exact) mass is 263 g/mol. The highest BCUT2D eigenvalue weighted by Crippen LogP contribution is 2.24. The van der Waals surface area contributed by atoms with Gasteiger partial charge in [-0.1, -0.05) is 6.07 Å². The summed E-state index contributed by atoms with van der Waals surface area (Å²) in [6.45, 7) is 2.90. The maximum absolute atomic E-state index is 5.98. The summed E-state index contributed by atoms with van der Waals surface area (Å²) < 4.78 is 5.52. The molecule has 4 nitrogen and oxygen atoms in total. The molecule has 1 aliphatic heterocycles. The van der Waals surface area contributed by atoms with Crippen LogP contribution in [0.25, 0.3) is 10.8 Å². The van der Waals surface area contributed by atoms with Crippen LogP contribution in [0.4, 0.5) is 0 Å². The molecule has 0 amide bonds. The summed E-state index contributed by atoms with van der Waals surface area (Å²) in [4.78, 5) is 7.96. The van der Waals surface area contributed by atoms with Crippen molar-refractivity contribution >= 4 is 11.3 Å². The zero-order valence-electron chi connectivity index (χ0n) is 10.2. The number of aromatic nitrogens is 1. The molecule has 1 aliphatic rings. The second kappa shape index (κ2) is 5.22. The molecular weight excluding hydrogens is 246 g/mol. The summed E-state index contributed by atoms with van der Waals surface area (Å²) in [5, 5.41) is 2.03. The van der Waals surface area contributed by atoms with Crippen LogP contribution in [0.3, 0.4) is 0 Å². The number of oxazole rings is 1. The molecule has 1 atom stereocenters. The van der Waals surface area contributed by atoms with Gasteiger partial charge >= 0.3 is 0 Å². The van der Waals surface area contributed by atoms with Crippen molar-refractivity contribution in [2.75, 3.05) is 13.1 Å². The second-order valence-electron chi connectivity index (χ2n) is 4.76. The van der Waals surface area contributed by atoms with Crippen molar-refractivity contribution in [2.45, 2.75) is 25.4 Å². The summed E-state index contributed by atoms with van der Waals surface area (Å²) in [6.07, 6.45) is 4.07. The summed E-state index contributed by atoms with van der Waals surface area (Å²) in [5.74, 6) is 0.723. The van der Waals surface area contributed by atoms with E-state index in [9.17, 15) is 0 Å². The van der Waals surface area contributed by atoms with Gasteiger partial charge in [0.2, 0.25) is 5.89 Å². The molecule has 96 valence electrons. The van der Waals surface area contributed by atoms with Crippen molar-refractivity contribution in [1.82, 2.24) is 9.88 Å². The number of nitrogens with two attached hydrogens (primary N) is 1. The molecule has 0 saturated carbocycles. The lowest BCUT2D eigenvalue weighted by Crippen LogP contribution is -2.42. The highest BCUT2D eigenvalue weighted by atomic mass is 32.1. The zero-order chi connectivity index (χ0) is 12.4. The molecule has 2 N–H and O–H groups in total. The van der Waals surface area contributed by atoms with Crippen molar-refractivity contribution in [3.63, 3.8) is 0 Å². The molecule has 5 heteroatoms. The molecule has 0 spiro atoms. The number of hydrogen-bond donors (Lipinski definition) is 1. The average Bonchev–Trinajstić information content (AvgIpc) is 2.98. The Hall–Kier alpha value is -1.17. The van der Waals surface area contributed by atoms with E-state index in [4.69, 9.17) is 10.2 Å². The minimum Gasteiger partial charge on any atom is -0.444 e. The summed E-state index contributed by atoms with van der Waals surface area (Å²) in [6, 6.07) is 4.34. The zero-order valence-corrected chi connectivity index (χ0v) is 11.0. The van der Waals surface area contributed by atoms with E-state index < -0.39 is 0 Å². The van der Waals surface area contributed by atoms with Crippen LogP contribution < -0.4 is 5.73 Å². The number of rotatable bonds is 3. The Bertz CT molecular complexity index is 494. The Kier molecular flexibility index (Phi) is 3.45. The van der Waals surface area contributed by atoms with Gasteiger partial charge in [-0.25, -0.2) is 4.98 Å². The van der Waals surface area contributed by atoms with E-state index in [1.807, 2.05) is 17.5 Å². The van der Waals surface area contributed by atoms with Gasteiger partial charge < -0.3 is 10.2 Å². The van der Waals surface area contributed by atoms with E-state index in [1.165, 1.54) is 6.42 Å². The van der Waals surface area contributed by atoms with Crippen LogP contribution in [0, 0.1) is 0 Å². The Morgan fingerprint density at radius 1 is 1.56 bits per heavy atom. The van der Waals surface area contributed by atoms with E-state index in [0.717, 1.165) is 42.5 Å². The molecule has 3 rings (SSSR count). The summed E-state index contributed by atoms with van der Waals surface area (Å²) in [5.41, 5.74) is 6.97. The minimum atomic E-state index is 0.308. The largest absolute Gasteiger partial charge is 0.444 e. The average molecular weight is 263 g/mol. The topological polar surface area (TPSA) is 55.3 Å². The van der Waals surface area contributed by atoms with Crippen LogP contribution in [-0.4, -0.2) is 29.0 Å². The highest BCUT2D eigenvalue weighted by molar-refractivity contribution is 7.13. The van der Waals surface area contributed by atoms with Gasteiger partial charge in [0, 0.05) is 19.1 Å². The SMILES string of the molecule is NC1CCCN(Cc2coc(-c3cccs3)n2)C1. The fourth-order valence-electron chi connectivity index (χ4n) is 2.36. The van der Waals surface area contributed by atoms with Crippen LogP contribution in [-0.2, 0) is 6.54 Å². The molecule has 2 aromatic rings. The number of likely N-dealkylation sites (tertiary alicyclic amines) is 1. The first-order valence-electron chi connectivity index (χ1n) is 6.27. The van der Waals surface area contributed by atoms with Gasteiger partial charge in [-0.3, -0.25) is 4.90 Å². The predicted octanol–water partition coefficient (Wildman–Crippen LogP) is 2.33. The van der Waals surface area contributed by atoms with E-state index in [2.05, 4.69) is 9.88 Å². The summed E-state index contributed by atoms with van der Waals surface area (Å²) in [7, 11) is 0. The van der Waals surface area contributed by atoms with Crippen LogP contribution >= 0.6 is 11.3 Å². The molecule has 0 aromatic carbocycles. The predicted molar refractivity (Wildman–Crippen MR) is 72.3 cm³/mol. The van der Waals surface area contributed by atoms with Crippen molar-refractivity contribution in [1.29, 1.82) is 0 Å². The molecule has 2 aromatic heterocycles. The van der Waals surface area contributed by atoms with Crippen molar-refractivity contribution in [3.05, 3.63) is 29.5 Å². The lowest BCUT2D eigenvalue weighted by Gasteiger charge is -2.29. The Morgan fingerprint density at radius 2 is 2.50 bits per heavy atom. The quantitative estimate of drug-likeness (QED) is 0.923. The number of thiophene rings is 1. The first-order chi connectivity index (χ1) is 8.81. The second-order valence-corrected chi connectivity index (χ2v) is 5.71. The standard InChI is InChI=1S/C13H17N3OS/c14-10-3-1-5-16(7-10)8-11-9-17-13(15-11)12-4-2-6-18-12/h2,4,6,9-10H,1,3,5,7-8,14H2. The maximum Gasteiger partial charge on any atom is 0.236 e. The highest BCUT2D eigenvalue weighted by Gasteiger charge is 2.18. The Morgan fingerprint density at radius 3 is 3.28 bits per heavy atom. The third-order valence-electron chi connectivity index (χ3n) is 3.21. The molecule has 1 unspecified atom stereocenters. The van der Waals surface area contributed by atoms with Gasteiger partial charge in [0.05, 0.1) is 10.6 Å². The van der Waals surface area contributed by atoms with Crippen LogP contribution in [0.5, 0.6) is 0 Å². The van der Waals surface area contributed by atoms with Crippen LogP contribution in [0.2, 0.25) is 0 Å². The lowest BCUT2D eigenvalue weighted by molar-refractivity contribution is 0.199. The molecule has 1 saturated heterocycles. The number of piperidine rings is 1. The van der Waals surface area contributed by atoms with Gasteiger partial charge in [-0.05, 0) is 30.8 Å². The Labute approximate surface area is 110 Å². The number of hydrogen-bond acceptors (Lipinski definition) is 5. The van der Waals surface area contributed by atoms with Crippen molar-refractivity contribution < 1.29 is 4.42 Å². The first kappa shape index (κ1) is 11.9. The van der Waals surface area contributed by atoms with E-state index >= 15 is 0 Å². The molecule has 0 aliphatic carbocycles. The van der Waals surface area contributed by atoms with E-state index in [0.29, 0.717) is 6.04 Å². The molecule has 18 heavy (non-hydrogen) atoms. The molecule has 1 fully saturated rings. The fourth-order valence-corrected chi connectivity index (χ4v) is 3.01. The van der Waals surface area contributed by atoms with Crippen molar-refractivity contribution in [3.8, 4) is 10.8 Å². The molecular formula is C13H17N3OS. The maximum atomic E-state index is 5.98. The van der Waals surface area contributed by atoms with E-state index in [1.54, 1.807) is 17.6 Å². The Balaban J connectivity index is 1.66. The van der Waals surface area contributed by atoms with Gasteiger partial charge in [-0.2, -0.15) is 0 Å². The van der Waals surface area contributed by atoms with Gasteiger partial charge in [-0.15, -0.1) is 11.3 Å². The molecule has 0 bridgehead atoms. The van der Waals surface area contributed by atoms with Crippen LogP contribution in [0.15, 0.2) is 28.2 Å². The lowest BCUT2D eigenvalue weighted by atomic mass is 10.1. The summed E-state index contributed by atoms with van der Waals surface area (Å²) >= 11 is 1.65. The van der Waals surface area contributed by atoms with Crippen LogP contribution in [0.1, 0.15) is 18.5 Å². The third kappa shape index (κ3) is 2.63. The van der Waals surface area contributed by atoms with Gasteiger partial charge in [0.15, 0.2) is 0 Å². The van der Waals surface area contributed by atoms with Gasteiger partial charge in [0.1, 0.15) is 6.26 Å². The first-order valence-corrected chi connectivity index (χ1v) is 7.15. The minimum absolute atomic E-state index is 0.308.